The van der Waals surface area contributed by atoms with Gasteiger partial charge in [-0.3, -0.25) is 4.79 Å². The maximum atomic E-state index is 11.5. The fraction of sp³-hybridized carbons (Fsp3) is 0.167. The smallest absolute Gasteiger partial charge is 0.355 e. The molecular weight excluding hydrogens is 272 g/mol. The molecule has 2 aromatic rings. The molecule has 2 aromatic heterocycles. The lowest BCUT2D eigenvalue weighted by molar-refractivity contribution is -0.124. The van der Waals surface area contributed by atoms with Crippen LogP contribution in [0.3, 0.4) is 0 Å². The van der Waals surface area contributed by atoms with Gasteiger partial charge in [-0.1, -0.05) is 11.6 Å². The number of rotatable bonds is 5. The number of hydrogen-bond donors (Lipinski definition) is 2. The molecular formula is C12H11ClN2O4. The number of aromatic amines is 1. The predicted octanol–water partition coefficient (Wildman–Crippen LogP) is 1.73. The van der Waals surface area contributed by atoms with Crippen LogP contribution in [0.5, 0.6) is 0 Å². The van der Waals surface area contributed by atoms with Crippen molar-refractivity contribution in [3.63, 3.8) is 0 Å². The molecule has 2 rings (SSSR count). The van der Waals surface area contributed by atoms with Gasteiger partial charge >= 0.3 is 5.97 Å². The zero-order chi connectivity index (χ0) is 13.7. The normalized spacial score (nSPS) is 10.2. The molecule has 0 radical (unpaired) electrons. The van der Waals surface area contributed by atoms with Crippen LogP contribution in [0, 0.1) is 0 Å². The lowest BCUT2D eigenvalue weighted by Crippen LogP contribution is -2.28. The van der Waals surface area contributed by atoms with Crippen LogP contribution < -0.4 is 5.32 Å². The van der Waals surface area contributed by atoms with Crippen LogP contribution in [0.25, 0.3) is 0 Å². The molecule has 0 unspecified atom stereocenters. The van der Waals surface area contributed by atoms with Crippen LogP contribution in [-0.4, -0.2) is 23.5 Å². The minimum Gasteiger partial charge on any atom is -0.467 e. The van der Waals surface area contributed by atoms with Crippen molar-refractivity contribution in [3.8, 4) is 0 Å². The van der Waals surface area contributed by atoms with Crippen molar-refractivity contribution < 1.29 is 18.7 Å². The standard InChI is InChI=1S/C12H11ClN2O4/c13-8-4-10(14-5-8)12(17)19-7-11(16)15-6-9-2-1-3-18-9/h1-5,14H,6-7H2,(H,15,16). The Morgan fingerprint density at radius 2 is 2.32 bits per heavy atom. The van der Waals surface area contributed by atoms with Crippen molar-refractivity contribution in [1.29, 1.82) is 0 Å². The van der Waals surface area contributed by atoms with Crippen LogP contribution in [0.2, 0.25) is 5.02 Å². The monoisotopic (exact) mass is 282 g/mol. The fourth-order valence-corrected chi connectivity index (χ4v) is 1.51. The molecule has 0 aromatic carbocycles. The summed E-state index contributed by atoms with van der Waals surface area (Å²) in [4.78, 5) is 25.5. The van der Waals surface area contributed by atoms with Gasteiger partial charge in [0.15, 0.2) is 6.61 Å². The van der Waals surface area contributed by atoms with Gasteiger partial charge in [-0.15, -0.1) is 0 Å². The highest BCUT2D eigenvalue weighted by Gasteiger charge is 2.12. The van der Waals surface area contributed by atoms with E-state index in [9.17, 15) is 9.59 Å². The number of aromatic nitrogens is 1. The van der Waals surface area contributed by atoms with Gasteiger partial charge < -0.3 is 19.5 Å². The number of hydrogen-bond acceptors (Lipinski definition) is 4. The number of carbonyl (C=O) groups is 2. The minimum absolute atomic E-state index is 0.198. The molecule has 0 aliphatic rings. The molecule has 0 aliphatic carbocycles. The van der Waals surface area contributed by atoms with E-state index in [2.05, 4.69) is 10.3 Å². The SMILES string of the molecule is O=C(COC(=O)c1cc(Cl)c[nH]1)NCc1ccco1. The number of furan rings is 1. The number of nitrogens with one attached hydrogen (secondary N) is 2. The van der Waals surface area contributed by atoms with E-state index in [1.165, 1.54) is 18.5 Å². The van der Waals surface area contributed by atoms with Crippen LogP contribution in [0.1, 0.15) is 16.2 Å². The summed E-state index contributed by atoms with van der Waals surface area (Å²) in [6, 6.07) is 4.87. The molecule has 2 heterocycles. The van der Waals surface area contributed by atoms with Gasteiger partial charge in [0.1, 0.15) is 11.5 Å². The molecule has 0 saturated heterocycles. The van der Waals surface area contributed by atoms with E-state index in [-0.39, 0.29) is 18.8 Å². The Labute approximate surface area is 113 Å². The largest absolute Gasteiger partial charge is 0.467 e. The van der Waals surface area contributed by atoms with Gasteiger partial charge in [0.2, 0.25) is 0 Å². The molecule has 100 valence electrons. The minimum atomic E-state index is -0.639. The molecule has 7 heteroatoms. The van der Waals surface area contributed by atoms with E-state index in [1.54, 1.807) is 12.1 Å². The van der Waals surface area contributed by atoms with Crippen LogP contribution in [0.4, 0.5) is 0 Å². The lowest BCUT2D eigenvalue weighted by atomic mass is 10.4. The molecule has 0 bridgehead atoms. The molecule has 1 amide bonds. The molecule has 0 fully saturated rings. The Balaban J connectivity index is 1.73. The van der Waals surface area contributed by atoms with Gasteiger partial charge in [-0.05, 0) is 18.2 Å². The number of H-pyrrole nitrogens is 1. The molecule has 0 aliphatic heterocycles. The topological polar surface area (TPSA) is 84.3 Å². The number of carbonyl (C=O) groups excluding carboxylic acids is 2. The Morgan fingerprint density at radius 3 is 2.95 bits per heavy atom. The third-order valence-corrected chi connectivity index (χ3v) is 2.46. The second-order valence-corrected chi connectivity index (χ2v) is 4.10. The highest BCUT2D eigenvalue weighted by Crippen LogP contribution is 2.10. The molecule has 0 atom stereocenters. The fourth-order valence-electron chi connectivity index (χ4n) is 1.34. The third kappa shape index (κ3) is 3.89. The van der Waals surface area contributed by atoms with Gasteiger partial charge in [-0.25, -0.2) is 4.79 Å². The molecule has 0 saturated carbocycles. The highest BCUT2D eigenvalue weighted by molar-refractivity contribution is 6.30. The quantitative estimate of drug-likeness (QED) is 0.818. The number of esters is 1. The van der Waals surface area contributed by atoms with E-state index in [0.29, 0.717) is 10.8 Å². The predicted molar refractivity (Wildman–Crippen MR) is 66.6 cm³/mol. The van der Waals surface area contributed by atoms with Gasteiger partial charge in [-0.2, -0.15) is 0 Å². The first kappa shape index (κ1) is 13.2. The Morgan fingerprint density at radius 1 is 1.47 bits per heavy atom. The van der Waals surface area contributed by atoms with Crippen LogP contribution in [-0.2, 0) is 16.1 Å². The summed E-state index contributed by atoms with van der Waals surface area (Å²) >= 11 is 5.65. The van der Waals surface area contributed by atoms with Crippen molar-refractivity contribution >= 4 is 23.5 Å². The summed E-state index contributed by atoms with van der Waals surface area (Å²) in [5.41, 5.74) is 0.198. The van der Waals surface area contributed by atoms with Crippen molar-refractivity contribution in [2.45, 2.75) is 6.54 Å². The summed E-state index contributed by atoms with van der Waals surface area (Å²) in [5.74, 6) is -0.432. The van der Waals surface area contributed by atoms with Crippen LogP contribution in [0.15, 0.2) is 35.1 Å². The summed E-state index contributed by atoms with van der Waals surface area (Å²) in [7, 11) is 0. The Hall–Kier alpha value is -2.21. The summed E-state index contributed by atoms with van der Waals surface area (Å²) < 4.78 is 9.84. The number of ether oxygens (including phenoxy) is 1. The first-order chi connectivity index (χ1) is 9.15. The van der Waals surface area contributed by atoms with E-state index in [0.717, 1.165) is 0 Å². The number of amides is 1. The average molecular weight is 283 g/mol. The van der Waals surface area contributed by atoms with E-state index in [1.807, 2.05) is 0 Å². The first-order valence-corrected chi connectivity index (χ1v) is 5.83. The Bertz CT molecular complexity index is 562. The summed E-state index contributed by atoms with van der Waals surface area (Å²) in [5, 5.41) is 2.95. The van der Waals surface area contributed by atoms with Crippen molar-refractivity contribution in [2.75, 3.05) is 6.61 Å². The summed E-state index contributed by atoms with van der Waals surface area (Å²) in [6.07, 6.45) is 2.96. The maximum Gasteiger partial charge on any atom is 0.355 e. The van der Waals surface area contributed by atoms with Gasteiger partial charge in [0.25, 0.3) is 5.91 Å². The third-order valence-electron chi connectivity index (χ3n) is 2.24. The van der Waals surface area contributed by atoms with E-state index >= 15 is 0 Å². The van der Waals surface area contributed by atoms with Crippen LogP contribution >= 0.6 is 11.6 Å². The molecule has 6 nitrogen and oxygen atoms in total. The number of halogens is 1. The average Bonchev–Trinajstić information content (AvgIpc) is 3.04. The zero-order valence-corrected chi connectivity index (χ0v) is 10.6. The molecule has 19 heavy (non-hydrogen) atoms. The second-order valence-electron chi connectivity index (χ2n) is 3.66. The van der Waals surface area contributed by atoms with Gasteiger partial charge in [0, 0.05) is 6.20 Å². The van der Waals surface area contributed by atoms with Gasteiger partial charge in [0.05, 0.1) is 17.8 Å². The molecule has 2 N–H and O–H groups in total. The van der Waals surface area contributed by atoms with Crippen molar-refractivity contribution in [1.82, 2.24) is 10.3 Å². The van der Waals surface area contributed by atoms with E-state index < -0.39 is 11.9 Å². The summed E-state index contributed by atoms with van der Waals surface area (Å²) in [6.45, 7) is -0.117. The Kier molecular flexibility index (Phi) is 4.25. The van der Waals surface area contributed by atoms with Crippen molar-refractivity contribution in [2.24, 2.45) is 0 Å². The zero-order valence-electron chi connectivity index (χ0n) is 9.81. The first-order valence-electron chi connectivity index (χ1n) is 5.45. The lowest BCUT2D eigenvalue weighted by Gasteiger charge is -2.04. The maximum absolute atomic E-state index is 11.5. The highest BCUT2D eigenvalue weighted by atomic mass is 35.5. The second kappa shape index (κ2) is 6.10. The van der Waals surface area contributed by atoms with E-state index in [4.69, 9.17) is 20.8 Å². The molecule has 0 spiro atoms. The van der Waals surface area contributed by atoms with Crippen molar-refractivity contribution in [3.05, 3.63) is 47.1 Å².